The van der Waals surface area contributed by atoms with Crippen molar-refractivity contribution in [2.75, 3.05) is 6.54 Å². The van der Waals surface area contributed by atoms with E-state index in [1.54, 1.807) is 0 Å². The summed E-state index contributed by atoms with van der Waals surface area (Å²) in [5.74, 6) is 1.48. The SMILES string of the molecule is CCc1noc(CN2CCCCCC2CC(C)O)n1. The van der Waals surface area contributed by atoms with Crippen LogP contribution in [0.25, 0.3) is 0 Å². The molecular weight excluding hydrogens is 242 g/mol. The van der Waals surface area contributed by atoms with E-state index in [0.29, 0.717) is 18.5 Å². The van der Waals surface area contributed by atoms with Crippen molar-refractivity contribution in [2.24, 2.45) is 0 Å². The summed E-state index contributed by atoms with van der Waals surface area (Å²) in [6.07, 6.45) is 6.27. The zero-order valence-electron chi connectivity index (χ0n) is 12.0. The quantitative estimate of drug-likeness (QED) is 0.885. The predicted molar refractivity (Wildman–Crippen MR) is 72.6 cm³/mol. The van der Waals surface area contributed by atoms with Crippen LogP contribution in [0, 0.1) is 0 Å². The molecule has 0 saturated carbocycles. The van der Waals surface area contributed by atoms with Gasteiger partial charge in [0.1, 0.15) is 0 Å². The molecule has 0 radical (unpaired) electrons. The fraction of sp³-hybridized carbons (Fsp3) is 0.857. The number of hydrogen-bond acceptors (Lipinski definition) is 5. The Balaban J connectivity index is 2.00. The fourth-order valence-electron chi connectivity index (χ4n) is 2.78. The molecule has 19 heavy (non-hydrogen) atoms. The van der Waals surface area contributed by atoms with E-state index < -0.39 is 0 Å². The third kappa shape index (κ3) is 4.28. The Morgan fingerprint density at radius 3 is 2.95 bits per heavy atom. The second-order valence-electron chi connectivity index (χ2n) is 5.52. The average Bonchev–Trinajstić information content (AvgIpc) is 2.72. The van der Waals surface area contributed by atoms with Crippen LogP contribution in [0.5, 0.6) is 0 Å². The molecule has 2 rings (SSSR count). The van der Waals surface area contributed by atoms with Gasteiger partial charge in [-0.2, -0.15) is 4.98 Å². The van der Waals surface area contributed by atoms with Crippen LogP contribution in [0.4, 0.5) is 0 Å². The Morgan fingerprint density at radius 1 is 1.42 bits per heavy atom. The van der Waals surface area contributed by atoms with E-state index in [-0.39, 0.29) is 6.10 Å². The average molecular weight is 267 g/mol. The van der Waals surface area contributed by atoms with Gasteiger partial charge in [-0.15, -0.1) is 0 Å². The van der Waals surface area contributed by atoms with E-state index in [4.69, 9.17) is 4.52 Å². The number of aliphatic hydroxyl groups excluding tert-OH is 1. The van der Waals surface area contributed by atoms with Crippen LogP contribution in [0.1, 0.15) is 57.7 Å². The first-order valence-electron chi connectivity index (χ1n) is 7.42. The van der Waals surface area contributed by atoms with E-state index in [9.17, 15) is 5.11 Å². The Bertz CT molecular complexity index is 379. The van der Waals surface area contributed by atoms with Gasteiger partial charge in [0.15, 0.2) is 5.82 Å². The van der Waals surface area contributed by atoms with Crippen LogP contribution in [0.2, 0.25) is 0 Å². The van der Waals surface area contributed by atoms with Crippen LogP contribution < -0.4 is 0 Å². The van der Waals surface area contributed by atoms with Crippen molar-refractivity contribution >= 4 is 0 Å². The highest BCUT2D eigenvalue weighted by molar-refractivity contribution is 4.88. The van der Waals surface area contributed by atoms with Gasteiger partial charge in [0.2, 0.25) is 5.89 Å². The van der Waals surface area contributed by atoms with Crippen molar-refractivity contribution in [1.82, 2.24) is 15.0 Å². The van der Waals surface area contributed by atoms with E-state index in [2.05, 4.69) is 15.0 Å². The molecular formula is C14H25N3O2. The van der Waals surface area contributed by atoms with E-state index >= 15 is 0 Å². The first-order chi connectivity index (χ1) is 9.19. The third-order valence-corrected chi connectivity index (χ3v) is 3.78. The number of rotatable bonds is 5. The summed E-state index contributed by atoms with van der Waals surface area (Å²) < 4.78 is 5.29. The van der Waals surface area contributed by atoms with Crippen LogP contribution in [-0.2, 0) is 13.0 Å². The second-order valence-corrected chi connectivity index (χ2v) is 5.52. The summed E-state index contributed by atoms with van der Waals surface area (Å²) in [5, 5.41) is 13.6. The molecule has 108 valence electrons. The van der Waals surface area contributed by atoms with E-state index in [1.807, 2.05) is 13.8 Å². The van der Waals surface area contributed by atoms with E-state index in [0.717, 1.165) is 31.6 Å². The van der Waals surface area contributed by atoms with Crippen molar-refractivity contribution in [3.63, 3.8) is 0 Å². The molecule has 5 heteroatoms. The van der Waals surface area contributed by atoms with Crippen molar-refractivity contribution in [3.8, 4) is 0 Å². The smallest absolute Gasteiger partial charge is 0.240 e. The molecule has 1 saturated heterocycles. The Hall–Kier alpha value is -0.940. The predicted octanol–water partition coefficient (Wildman–Crippen LogP) is 2.15. The summed E-state index contributed by atoms with van der Waals surface area (Å²) in [7, 11) is 0. The van der Waals surface area contributed by atoms with Crippen LogP contribution in [0.15, 0.2) is 4.52 Å². The summed E-state index contributed by atoms with van der Waals surface area (Å²) in [5.41, 5.74) is 0. The number of aliphatic hydroxyl groups is 1. The molecule has 1 N–H and O–H groups in total. The standard InChI is InChI=1S/C14H25N3O2/c1-3-13-15-14(19-16-13)10-17-8-6-4-5-7-12(17)9-11(2)18/h11-12,18H,3-10H2,1-2H3. The molecule has 2 atom stereocenters. The van der Waals surface area contributed by atoms with Crippen LogP contribution >= 0.6 is 0 Å². The van der Waals surface area contributed by atoms with Gasteiger partial charge in [0, 0.05) is 12.5 Å². The minimum absolute atomic E-state index is 0.250. The molecule has 0 aliphatic carbocycles. The maximum Gasteiger partial charge on any atom is 0.240 e. The molecule has 2 heterocycles. The summed E-state index contributed by atoms with van der Waals surface area (Å²) in [6.45, 7) is 5.66. The largest absolute Gasteiger partial charge is 0.393 e. The molecule has 0 spiro atoms. The molecule has 5 nitrogen and oxygen atoms in total. The highest BCUT2D eigenvalue weighted by Crippen LogP contribution is 2.22. The van der Waals surface area contributed by atoms with Gasteiger partial charge >= 0.3 is 0 Å². The Kier molecular flexibility index (Phi) is 5.34. The topological polar surface area (TPSA) is 62.4 Å². The molecule has 1 aliphatic rings. The lowest BCUT2D eigenvalue weighted by Crippen LogP contribution is -2.36. The normalized spacial score (nSPS) is 23.2. The number of nitrogens with zero attached hydrogens (tertiary/aromatic N) is 3. The lowest BCUT2D eigenvalue weighted by molar-refractivity contribution is 0.100. The van der Waals surface area contributed by atoms with Gasteiger partial charge in [-0.25, -0.2) is 0 Å². The van der Waals surface area contributed by atoms with Crippen molar-refractivity contribution in [2.45, 2.75) is 71.1 Å². The fourth-order valence-corrected chi connectivity index (χ4v) is 2.78. The molecule has 0 amide bonds. The van der Waals surface area contributed by atoms with Crippen molar-refractivity contribution in [3.05, 3.63) is 11.7 Å². The van der Waals surface area contributed by atoms with Gasteiger partial charge in [-0.05, 0) is 32.7 Å². The highest BCUT2D eigenvalue weighted by Gasteiger charge is 2.24. The van der Waals surface area contributed by atoms with Crippen molar-refractivity contribution < 1.29 is 9.63 Å². The van der Waals surface area contributed by atoms with E-state index in [1.165, 1.54) is 19.3 Å². The molecule has 2 unspecified atom stereocenters. The minimum Gasteiger partial charge on any atom is -0.393 e. The maximum atomic E-state index is 9.64. The van der Waals surface area contributed by atoms with Gasteiger partial charge in [-0.3, -0.25) is 4.90 Å². The first-order valence-corrected chi connectivity index (χ1v) is 7.42. The molecule has 0 aromatic carbocycles. The lowest BCUT2D eigenvalue weighted by Gasteiger charge is -2.29. The number of likely N-dealkylation sites (tertiary alicyclic amines) is 1. The second kappa shape index (κ2) is 7.01. The summed E-state index contributed by atoms with van der Waals surface area (Å²) >= 11 is 0. The number of hydrogen-bond donors (Lipinski definition) is 1. The number of aryl methyl sites for hydroxylation is 1. The molecule has 1 fully saturated rings. The highest BCUT2D eigenvalue weighted by atomic mass is 16.5. The van der Waals surface area contributed by atoms with Crippen molar-refractivity contribution in [1.29, 1.82) is 0 Å². The van der Waals surface area contributed by atoms with Gasteiger partial charge in [0.05, 0.1) is 12.6 Å². The van der Waals surface area contributed by atoms with Crippen LogP contribution in [-0.4, -0.2) is 38.8 Å². The molecule has 1 aromatic rings. The zero-order valence-corrected chi connectivity index (χ0v) is 12.0. The van der Waals surface area contributed by atoms with Crippen LogP contribution in [0.3, 0.4) is 0 Å². The lowest BCUT2D eigenvalue weighted by atomic mass is 10.0. The maximum absolute atomic E-state index is 9.64. The minimum atomic E-state index is -0.250. The molecule has 0 bridgehead atoms. The monoisotopic (exact) mass is 267 g/mol. The van der Waals surface area contributed by atoms with Gasteiger partial charge < -0.3 is 9.63 Å². The first kappa shape index (κ1) is 14.5. The molecule has 1 aromatic heterocycles. The third-order valence-electron chi connectivity index (χ3n) is 3.78. The summed E-state index contributed by atoms with van der Waals surface area (Å²) in [4.78, 5) is 6.78. The molecule has 1 aliphatic heterocycles. The Labute approximate surface area is 115 Å². The number of aromatic nitrogens is 2. The van der Waals surface area contributed by atoms with Gasteiger partial charge in [0.25, 0.3) is 0 Å². The zero-order chi connectivity index (χ0) is 13.7. The summed E-state index contributed by atoms with van der Waals surface area (Å²) in [6, 6.07) is 0.430. The van der Waals surface area contributed by atoms with Gasteiger partial charge in [-0.1, -0.05) is 24.9 Å². The Morgan fingerprint density at radius 2 is 2.26 bits per heavy atom.